The summed E-state index contributed by atoms with van der Waals surface area (Å²) < 4.78 is 2.17. The van der Waals surface area contributed by atoms with E-state index in [4.69, 9.17) is 10.1 Å². The topological polar surface area (TPSA) is 63.8 Å². The van der Waals surface area contributed by atoms with E-state index in [2.05, 4.69) is 9.67 Å². The third kappa shape index (κ3) is 1.52. The average molecular weight is 282 g/mol. The van der Waals surface area contributed by atoms with Crippen LogP contribution in [0.2, 0.25) is 0 Å². The van der Waals surface area contributed by atoms with Crippen molar-refractivity contribution in [2.45, 2.75) is 43.6 Å². The van der Waals surface area contributed by atoms with Crippen molar-refractivity contribution in [3.63, 3.8) is 0 Å². The molecule has 2 aromatic heterocycles. The Morgan fingerprint density at radius 3 is 2.71 bits per heavy atom. The number of aromatic nitrogens is 4. The Hall–Kier alpha value is -1.75. The summed E-state index contributed by atoms with van der Waals surface area (Å²) in [5.74, 6) is 1.95. The van der Waals surface area contributed by atoms with Crippen molar-refractivity contribution in [3.05, 3.63) is 30.4 Å². The Balaban J connectivity index is 1.55. The van der Waals surface area contributed by atoms with Gasteiger partial charge in [-0.3, -0.25) is 4.98 Å². The molecule has 4 saturated carbocycles. The maximum atomic E-state index is 9.47. The van der Waals surface area contributed by atoms with Crippen LogP contribution in [0.25, 0.3) is 11.4 Å². The van der Waals surface area contributed by atoms with E-state index in [9.17, 15) is 5.11 Å². The van der Waals surface area contributed by atoms with E-state index in [0.717, 1.165) is 36.5 Å². The van der Waals surface area contributed by atoms with Crippen LogP contribution in [-0.2, 0) is 5.41 Å². The largest absolute Gasteiger partial charge is 0.396 e. The second-order valence-corrected chi connectivity index (χ2v) is 7.15. The first-order valence-electron chi connectivity index (χ1n) is 7.72. The fourth-order valence-corrected chi connectivity index (χ4v) is 4.28. The molecule has 2 heterocycles. The fraction of sp³-hybridized carbons (Fsp3) is 0.562. The van der Waals surface area contributed by atoms with Gasteiger partial charge >= 0.3 is 0 Å². The maximum Gasteiger partial charge on any atom is 0.182 e. The Morgan fingerprint density at radius 2 is 2.10 bits per heavy atom. The SMILES string of the molecule is OCC12CC(c3nc(-c4cccnc4)nn3C3CC3)(C1)C2. The normalized spacial score (nSPS) is 33.4. The minimum Gasteiger partial charge on any atom is -0.396 e. The van der Waals surface area contributed by atoms with Crippen molar-refractivity contribution < 1.29 is 5.11 Å². The van der Waals surface area contributed by atoms with Gasteiger partial charge in [0, 0.05) is 30.0 Å². The third-order valence-corrected chi connectivity index (χ3v) is 5.39. The van der Waals surface area contributed by atoms with Gasteiger partial charge in [-0.15, -0.1) is 0 Å². The van der Waals surface area contributed by atoms with Crippen LogP contribution in [0.5, 0.6) is 0 Å². The lowest BCUT2D eigenvalue weighted by atomic mass is 9.35. The van der Waals surface area contributed by atoms with E-state index in [0.29, 0.717) is 12.6 Å². The van der Waals surface area contributed by atoms with Gasteiger partial charge in [0.1, 0.15) is 5.82 Å². The van der Waals surface area contributed by atoms with Gasteiger partial charge < -0.3 is 5.11 Å². The molecule has 0 unspecified atom stereocenters. The molecule has 1 N–H and O–H groups in total. The van der Waals surface area contributed by atoms with Crippen molar-refractivity contribution in [2.24, 2.45) is 5.41 Å². The fourth-order valence-electron chi connectivity index (χ4n) is 4.28. The van der Waals surface area contributed by atoms with E-state index < -0.39 is 0 Å². The highest BCUT2D eigenvalue weighted by Crippen LogP contribution is 2.73. The first kappa shape index (κ1) is 11.9. The van der Waals surface area contributed by atoms with Gasteiger partial charge in [-0.2, -0.15) is 5.10 Å². The summed E-state index contributed by atoms with van der Waals surface area (Å²) >= 11 is 0. The Kier molecular flexibility index (Phi) is 2.10. The molecule has 2 bridgehead atoms. The van der Waals surface area contributed by atoms with Gasteiger partial charge in [0.25, 0.3) is 0 Å². The van der Waals surface area contributed by atoms with Crippen molar-refractivity contribution in [3.8, 4) is 11.4 Å². The molecule has 0 aromatic carbocycles. The van der Waals surface area contributed by atoms with Gasteiger partial charge in [0.15, 0.2) is 5.82 Å². The Labute approximate surface area is 123 Å². The molecule has 4 aliphatic carbocycles. The summed E-state index contributed by atoms with van der Waals surface area (Å²) in [5.41, 5.74) is 1.38. The first-order chi connectivity index (χ1) is 10.2. The highest BCUT2D eigenvalue weighted by molar-refractivity contribution is 5.53. The van der Waals surface area contributed by atoms with Crippen molar-refractivity contribution in [1.82, 2.24) is 19.7 Å². The predicted molar refractivity (Wildman–Crippen MR) is 76.6 cm³/mol. The molecule has 0 saturated heterocycles. The quantitative estimate of drug-likeness (QED) is 0.932. The molecule has 4 aliphatic rings. The molecule has 0 amide bonds. The van der Waals surface area contributed by atoms with E-state index in [-0.39, 0.29) is 10.8 Å². The van der Waals surface area contributed by atoms with Crippen LogP contribution >= 0.6 is 0 Å². The Morgan fingerprint density at radius 1 is 1.29 bits per heavy atom. The standard InChI is InChI=1S/C16H18N4O/c21-10-15-7-16(8-15,9-15)14-18-13(11-2-1-5-17-6-11)19-20(14)12-3-4-12/h1-2,5-6,12,21H,3-4,7-10H2. The molecule has 0 spiro atoms. The zero-order valence-electron chi connectivity index (χ0n) is 11.9. The van der Waals surface area contributed by atoms with Crippen LogP contribution in [0.3, 0.4) is 0 Å². The number of hydrogen-bond acceptors (Lipinski definition) is 4. The number of pyridine rings is 1. The summed E-state index contributed by atoms with van der Waals surface area (Å²) in [7, 11) is 0. The minimum absolute atomic E-state index is 0.193. The molecule has 0 aliphatic heterocycles. The van der Waals surface area contributed by atoms with E-state index >= 15 is 0 Å². The van der Waals surface area contributed by atoms with Gasteiger partial charge in [0.2, 0.25) is 0 Å². The summed E-state index contributed by atoms with van der Waals surface area (Å²) in [4.78, 5) is 9.04. The predicted octanol–water partition coefficient (Wildman–Crippen LogP) is 2.09. The van der Waals surface area contributed by atoms with Crippen LogP contribution in [0.1, 0.15) is 44.0 Å². The highest BCUT2D eigenvalue weighted by atomic mass is 16.3. The maximum absolute atomic E-state index is 9.47. The Bertz CT molecular complexity index is 685. The number of rotatable bonds is 4. The molecule has 5 heteroatoms. The van der Waals surface area contributed by atoms with Gasteiger partial charge in [-0.1, -0.05) is 0 Å². The van der Waals surface area contributed by atoms with Gasteiger partial charge in [-0.05, 0) is 49.7 Å². The third-order valence-electron chi connectivity index (χ3n) is 5.39. The van der Waals surface area contributed by atoms with Gasteiger partial charge in [0.05, 0.1) is 6.04 Å². The van der Waals surface area contributed by atoms with Crippen LogP contribution in [0.4, 0.5) is 0 Å². The number of aliphatic hydroxyl groups excluding tert-OH is 1. The van der Waals surface area contributed by atoms with E-state index in [1.807, 2.05) is 18.3 Å². The lowest BCUT2D eigenvalue weighted by molar-refractivity contribution is -0.173. The first-order valence-corrected chi connectivity index (χ1v) is 7.72. The number of nitrogens with zero attached hydrogens (tertiary/aromatic N) is 4. The zero-order chi connectivity index (χ0) is 14.1. The summed E-state index contributed by atoms with van der Waals surface area (Å²) in [6, 6.07) is 4.48. The molecule has 0 radical (unpaired) electrons. The average Bonchev–Trinajstić information content (AvgIpc) is 3.18. The molecule has 21 heavy (non-hydrogen) atoms. The van der Waals surface area contributed by atoms with Gasteiger partial charge in [-0.25, -0.2) is 9.67 Å². The molecule has 6 rings (SSSR count). The number of aliphatic hydroxyl groups is 1. The highest BCUT2D eigenvalue weighted by Gasteiger charge is 2.70. The second kappa shape index (κ2) is 3.71. The van der Waals surface area contributed by atoms with Crippen molar-refractivity contribution in [2.75, 3.05) is 6.61 Å². The lowest BCUT2D eigenvalue weighted by Crippen LogP contribution is -2.67. The van der Waals surface area contributed by atoms with E-state index in [1.165, 1.54) is 12.8 Å². The minimum atomic E-state index is 0.193. The van der Waals surface area contributed by atoms with Crippen LogP contribution in [0.15, 0.2) is 24.5 Å². The van der Waals surface area contributed by atoms with Crippen molar-refractivity contribution >= 4 is 0 Å². The van der Waals surface area contributed by atoms with Crippen LogP contribution in [-0.4, -0.2) is 31.5 Å². The molecular weight excluding hydrogens is 264 g/mol. The van der Waals surface area contributed by atoms with Crippen LogP contribution < -0.4 is 0 Å². The molecule has 108 valence electrons. The van der Waals surface area contributed by atoms with Crippen LogP contribution in [0, 0.1) is 5.41 Å². The molecule has 2 aromatic rings. The smallest absolute Gasteiger partial charge is 0.182 e. The summed E-state index contributed by atoms with van der Waals surface area (Å²) in [6.07, 6.45) is 9.26. The lowest BCUT2D eigenvalue weighted by Gasteiger charge is -2.69. The molecule has 5 nitrogen and oxygen atoms in total. The molecule has 0 atom stereocenters. The summed E-state index contributed by atoms with van der Waals surface area (Å²) in [6.45, 7) is 0.321. The van der Waals surface area contributed by atoms with Crippen molar-refractivity contribution in [1.29, 1.82) is 0 Å². The molecule has 4 fully saturated rings. The molecular formula is C16H18N4O. The number of hydrogen-bond donors (Lipinski definition) is 1. The monoisotopic (exact) mass is 282 g/mol. The van der Waals surface area contributed by atoms with E-state index in [1.54, 1.807) is 6.20 Å². The summed E-state index contributed by atoms with van der Waals surface area (Å²) in [5, 5.41) is 14.2. The second-order valence-electron chi connectivity index (χ2n) is 7.15. The zero-order valence-corrected chi connectivity index (χ0v) is 11.9.